The Labute approximate surface area is 123 Å². The number of hydrogen-bond acceptors (Lipinski definition) is 2. The highest BCUT2D eigenvalue weighted by molar-refractivity contribution is 5.85. The summed E-state index contributed by atoms with van der Waals surface area (Å²) in [6.07, 6.45) is 11.7. The smallest absolute Gasteiger partial charge is 0.236 e. The molecule has 0 bridgehead atoms. The molecule has 0 spiro atoms. The van der Waals surface area contributed by atoms with Crippen LogP contribution in [0.25, 0.3) is 0 Å². The third kappa shape index (κ3) is 6.13. The van der Waals surface area contributed by atoms with Gasteiger partial charge in [-0.1, -0.05) is 32.1 Å². The van der Waals surface area contributed by atoms with E-state index >= 15 is 0 Å². The van der Waals surface area contributed by atoms with Gasteiger partial charge in [-0.05, 0) is 38.1 Å². The zero-order chi connectivity index (χ0) is 12.8. The van der Waals surface area contributed by atoms with Crippen LogP contribution < -0.4 is 5.32 Å². The summed E-state index contributed by atoms with van der Waals surface area (Å²) in [5.41, 5.74) is 0. The van der Waals surface area contributed by atoms with Crippen LogP contribution in [0.2, 0.25) is 0 Å². The third-order valence-electron chi connectivity index (χ3n) is 4.42. The first-order valence-corrected chi connectivity index (χ1v) is 7.74. The van der Waals surface area contributed by atoms with Gasteiger partial charge in [0.2, 0.25) is 5.91 Å². The topological polar surface area (TPSA) is 32.3 Å². The molecule has 0 aromatic carbocycles. The SMILES string of the molecule is CN(C(=O)CNCC1CC1)C1CCCCCCC1.Cl. The van der Waals surface area contributed by atoms with Gasteiger partial charge in [-0.3, -0.25) is 4.79 Å². The quantitative estimate of drug-likeness (QED) is 0.843. The van der Waals surface area contributed by atoms with Crippen molar-refractivity contribution in [3.8, 4) is 0 Å². The van der Waals surface area contributed by atoms with Gasteiger partial charge in [-0.2, -0.15) is 0 Å². The highest BCUT2D eigenvalue weighted by Gasteiger charge is 2.23. The zero-order valence-corrected chi connectivity index (χ0v) is 13.0. The van der Waals surface area contributed by atoms with Gasteiger partial charge in [0.05, 0.1) is 6.54 Å². The maximum absolute atomic E-state index is 12.1. The molecular weight excluding hydrogens is 260 g/mol. The van der Waals surface area contributed by atoms with Crippen molar-refractivity contribution in [3.05, 3.63) is 0 Å². The van der Waals surface area contributed by atoms with Gasteiger partial charge < -0.3 is 10.2 Å². The van der Waals surface area contributed by atoms with Gasteiger partial charge in [-0.25, -0.2) is 0 Å². The van der Waals surface area contributed by atoms with Gasteiger partial charge in [0.25, 0.3) is 0 Å². The number of carbonyl (C=O) groups excluding carboxylic acids is 1. The minimum Gasteiger partial charge on any atom is -0.342 e. The second-order valence-corrected chi connectivity index (χ2v) is 6.08. The van der Waals surface area contributed by atoms with Crippen LogP contribution in [0.15, 0.2) is 0 Å². The molecule has 2 fully saturated rings. The second kappa shape index (κ2) is 8.80. The molecular formula is C15H29ClN2O. The molecule has 0 atom stereocenters. The first kappa shape index (κ1) is 16.8. The molecule has 0 aromatic heterocycles. The Morgan fingerprint density at radius 3 is 2.21 bits per heavy atom. The molecule has 2 aliphatic carbocycles. The Balaban J connectivity index is 0.00000180. The monoisotopic (exact) mass is 288 g/mol. The fraction of sp³-hybridized carbons (Fsp3) is 0.933. The highest BCUT2D eigenvalue weighted by Crippen LogP contribution is 2.27. The van der Waals surface area contributed by atoms with Crippen LogP contribution in [0.5, 0.6) is 0 Å². The second-order valence-electron chi connectivity index (χ2n) is 6.08. The van der Waals surface area contributed by atoms with Crippen molar-refractivity contribution in [2.45, 2.75) is 63.8 Å². The zero-order valence-electron chi connectivity index (χ0n) is 12.2. The lowest BCUT2D eigenvalue weighted by atomic mass is 9.96. The highest BCUT2D eigenvalue weighted by atomic mass is 35.5. The number of amides is 1. The average Bonchev–Trinajstić information content (AvgIpc) is 3.11. The molecule has 2 saturated carbocycles. The predicted octanol–water partition coefficient (Wildman–Crippen LogP) is 2.98. The Kier molecular flexibility index (Phi) is 7.77. The molecule has 2 rings (SSSR count). The Bertz CT molecular complexity index is 261. The molecule has 3 nitrogen and oxygen atoms in total. The molecule has 112 valence electrons. The van der Waals surface area contributed by atoms with E-state index in [0.717, 1.165) is 12.5 Å². The molecule has 0 heterocycles. The molecule has 0 aliphatic heterocycles. The average molecular weight is 289 g/mol. The molecule has 0 aromatic rings. The number of nitrogens with zero attached hydrogens (tertiary/aromatic N) is 1. The number of rotatable bonds is 5. The molecule has 19 heavy (non-hydrogen) atoms. The third-order valence-corrected chi connectivity index (χ3v) is 4.42. The molecule has 4 heteroatoms. The number of carbonyl (C=O) groups is 1. The largest absolute Gasteiger partial charge is 0.342 e. The first-order chi connectivity index (χ1) is 8.77. The number of likely N-dealkylation sites (N-methyl/N-ethyl adjacent to an activating group) is 1. The summed E-state index contributed by atoms with van der Waals surface area (Å²) in [4.78, 5) is 14.1. The van der Waals surface area contributed by atoms with E-state index in [0.29, 0.717) is 12.6 Å². The van der Waals surface area contributed by atoms with Crippen LogP contribution in [-0.4, -0.2) is 37.0 Å². The predicted molar refractivity (Wildman–Crippen MR) is 81.7 cm³/mol. The molecule has 1 amide bonds. The van der Waals surface area contributed by atoms with E-state index in [1.54, 1.807) is 0 Å². The number of halogens is 1. The van der Waals surface area contributed by atoms with Crippen molar-refractivity contribution < 1.29 is 4.79 Å². The Morgan fingerprint density at radius 1 is 1.05 bits per heavy atom. The van der Waals surface area contributed by atoms with E-state index < -0.39 is 0 Å². The van der Waals surface area contributed by atoms with Crippen LogP contribution in [-0.2, 0) is 4.79 Å². The summed E-state index contributed by atoms with van der Waals surface area (Å²) in [5.74, 6) is 1.13. The summed E-state index contributed by atoms with van der Waals surface area (Å²) < 4.78 is 0. The van der Waals surface area contributed by atoms with Gasteiger partial charge in [0.15, 0.2) is 0 Å². The van der Waals surface area contributed by atoms with E-state index in [9.17, 15) is 4.79 Å². The van der Waals surface area contributed by atoms with Crippen LogP contribution in [0, 0.1) is 5.92 Å². The van der Waals surface area contributed by atoms with Crippen molar-refractivity contribution in [1.82, 2.24) is 10.2 Å². The van der Waals surface area contributed by atoms with Gasteiger partial charge in [-0.15, -0.1) is 12.4 Å². The normalized spacial score (nSPS) is 21.1. The van der Waals surface area contributed by atoms with Crippen molar-refractivity contribution in [3.63, 3.8) is 0 Å². The van der Waals surface area contributed by atoms with Crippen LogP contribution in [0.4, 0.5) is 0 Å². The molecule has 0 unspecified atom stereocenters. The summed E-state index contributed by atoms with van der Waals surface area (Å²) in [5, 5.41) is 3.30. The minimum absolute atomic E-state index is 0. The maximum atomic E-state index is 12.1. The summed E-state index contributed by atoms with van der Waals surface area (Å²) in [6.45, 7) is 1.56. The number of hydrogen-bond donors (Lipinski definition) is 1. The van der Waals surface area contributed by atoms with E-state index in [1.807, 2.05) is 11.9 Å². The van der Waals surface area contributed by atoms with Crippen LogP contribution in [0.3, 0.4) is 0 Å². The van der Waals surface area contributed by atoms with Crippen molar-refractivity contribution in [2.24, 2.45) is 5.92 Å². The van der Waals surface area contributed by atoms with Crippen molar-refractivity contribution in [2.75, 3.05) is 20.1 Å². The lowest BCUT2D eigenvalue weighted by Gasteiger charge is -2.30. The fourth-order valence-electron chi connectivity index (χ4n) is 2.86. The van der Waals surface area contributed by atoms with E-state index in [-0.39, 0.29) is 18.3 Å². The fourth-order valence-corrected chi connectivity index (χ4v) is 2.86. The maximum Gasteiger partial charge on any atom is 0.236 e. The summed E-state index contributed by atoms with van der Waals surface area (Å²) in [7, 11) is 1.99. The lowest BCUT2D eigenvalue weighted by Crippen LogP contribution is -2.42. The lowest BCUT2D eigenvalue weighted by molar-refractivity contribution is -0.131. The summed E-state index contributed by atoms with van der Waals surface area (Å²) in [6, 6.07) is 0.487. The van der Waals surface area contributed by atoms with Gasteiger partial charge >= 0.3 is 0 Å². The van der Waals surface area contributed by atoms with Crippen molar-refractivity contribution in [1.29, 1.82) is 0 Å². The standard InChI is InChI=1S/C15H28N2O.ClH/c1-17(14-7-5-3-2-4-6-8-14)15(18)12-16-11-13-9-10-13;/h13-14,16H,2-12H2,1H3;1H. The number of nitrogens with one attached hydrogen (secondary N) is 1. The molecule has 0 radical (unpaired) electrons. The Morgan fingerprint density at radius 2 is 1.63 bits per heavy atom. The molecule has 2 aliphatic rings. The summed E-state index contributed by atoms with van der Waals surface area (Å²) >= 11 is 0. The van der Waals surface area contributed by atoms with E-state index in [1.165, 1.54) is 57.8 Å². The van der Waals surface area contributed by atoms with E-state index in [4.69, 9.17) is 0 Å². The van der Waals surface area contributed by atoms with Crippen molar-refractivity contribution >= 4 is 18.3 Å². The van der Waals surface area contributed by atoms with Crippen LogP contribution in [0.1, 0.15) is 57.8 Å². The first-order valence-electron chi connectivity index (χ1n) is 7.74. The van der Waals surface area contributed by atoms with Gasteiger partial charge in [0.1, 0.15) is 0 Å². The molecule has 1 N–H and O–H groups in total. The van der Waals surface area contributed by atoms with Crippen LogP contribution >= 0.6 is 12.4 Å². The van der Waals surface area contributed by atoms with Gasteiger partial charge in [0, 0.05) is 13.1 Å². The Hall–Kier alpha value is -0.280. The minimum atomic E-state index is 0. The van der Waals surface area contributed by atoms with E-state index in [2.05, 4.69) is 5.32 Å². The molecule has 0 saturated heterocycles.